The Balaban J connectivity index is 2.15. The summed E-state index contributed by atoms with van der Waals surface area (Å²) in [6, 6.07) is 0. The Morgan fingerprint density at radius 1 is 1.67 bits per heavy atom. The maximum absolute atomic E-state index is 10.3. The Morgan fingerprint density at radius 3 is 3.00 bits per heavy atom. The van der Waals surface area contributed by atoms with E-state index in [1.165, 1.54) is 0 Å². The van der Waals surface area contributed by atoms with Gasteiger partial charge in [-0.15, -0.1) is 0 Å². The van der Waals surface area contributed by atoms with E-state index in [4.69, 9.17) is 0 Å². The van der Waals surface area contributed by atoms with Crippen molar-refractivity contribution < 1.29 is 4.92 Å². The molecule has 100 valence electrons. The van der Waals surface area contributed by atoms with Crippen molar-refractivity contribution in [1.29, 1.82) is 0 Å². The van der Waals surface area contributed by atoms with Crippen LogP contribution in [0.4, 0.5) is 0 Å². The second kappa shape index (κ2) is 7.80. The molecule has 1 aromatic heterocycles. The van der Waals surface area contributed by atoms with Crippen molar-refractivity contribution in [3.63, 3.8) is 0 Å². The van der Waals surface area contributed by atoms with Crippen LogP contribution in [0, 0.1) is 10.1 Å². The first-order valence-electron chi connectivity index (χ1n) is 5.62. The minimum Gasteiger partial charge on any atom is -0.368 e. The molecule has 0 unspecified atom stereocenters. The smallest absolute Gasteiger partial charge is 0.259 e. The van der Waals surface area contributed by atoms with Crippen LogP contribution in [0.15, 0.2) is 15.9 Å². The number of aromatic amines is 1. The average molecular weight is 318 g/mol. The standard InChI is InChI=1S/C10H16BrN5O2/c1-12-9(6-16(17)18)13-5-3-2-4-8-10(11)15-7-14-8/h7H,2-6H2,1H3,(H,12,13)(H,14,15). The van der Waals surface area contributed by atoms with E-state index in [2.05, 4.69) is 36.2 Å². The van der Waals surface area contributed by atoms with E-state index in [1.54, 1.807) is 13.4 Å². The van der Waals surface area contributed by atoms with Crippen molar-refractivity contribution in [2.24, 2.45) is 4.99 Å². The molecule has 18 heavy (non-hydrogen) atoms. The van der Waals surface area contributed by atoms with Gasteiger partial charge in [-0.2, -0.15) is 0 Å². The molecule has 0 fully saturated rings. The maximum atomic E-state index is 10.3. The van der Waals surface area contributed by atoms with Crippen molar-refractivity contribution in [2.75, 3.05) is 20.1 Å². The summed E-state index contributed by atoms with van der Waals surface area (Å²) < 4.78 is 0.847. The van der Waals surface area contributed by atoms with Gasteiger partial charge in [0, 0.05) is 24.2 Å². The third-order valence-corrected chi connectivity index (χ3v) is 3.08. The molecule has 2 N–H and O–H groups in total. The molecule has 0 aromatic carbocycles. The predicted octanol–water partition coefficient (Wildman–Crippen LogP) is 1.39. The zero-order chi connectivity index (χ0) is 13.4. The van der Waals surface area contributed by atoms with Crippen LogP contribution < -0.4 is 5.32 Å². The summed E-state index contributed by atoms with van der Waals surface area (Å²) in [5.41, 5.74) is 1.07. The molecule has 0 spiro atoms. The fraction of sp³-hybridized carbons (Fsp3) is 0.600. The number of imidazole rings is 1. The third kappa shape index (κ3) is 5.26. The molecular formula is C10H16BrN5O2. The Morgan fingerprint density at radius 2 is 2.44 bits per heavy atom. The number of nitro groups is 1. The highest BCUT2D eigenvalue weighted by atomic mass is 79.9. The Labute approximate surface area is 113 Å². The zero-order valence-electron chi connectivity index (χ0n) is 10.1. The SMILES string of the molecule is CN=C(C[N+](=O)[O-])NCCCCc1[nH]cnc1Br. The number of aryl methyl sites for hydroxylation is 1. The van der Waals surface area contributed by atoms with Gasteiger partial charge in [0.25, 0.3) is 6.54 Å². The van der Waals surface area contributed by atoms with E-state index < -0.39 is 4.92 Å². The molecule has 1 rings (SSSR count). The first-order chi connectivity index (χ1) is 8.63. The molecule has 7 nitrogen and oxygen atoms in total. The molecule has 1 aromatic rings. The van der Waals surface area contributed by atoms with Crippen LogP contribution in [0.5, 0.6) is 0 Å². The monoisotopic (exact) mass is 317 g/mol. The quantitative estimate of drug-likeness (QED) is 0.261. The van der Waals surface area contributed by atoms with Crippen LogP contribution in [0.25, 0.3) is 0 Å². The molecule has 0 bridgehead atoms. The zero-order valence-corrected chi connectivity index (χ0v) is 11.7. The molecule has 0 radical (unpaired) electrons. The van der Waals surface area contributed by atoms with Crippen LogP contribution in [0.3, 0.4) is 0 Å². The normalized spacial score (nSPS) is 11.6. The van der Waals surface area contributed by atoms with Gasteiger partial charge < -0.3 is 10.3 Å². The highest BCUT2D eigenvalue weighted by Gasteiger charge is 2.05. The Kier molecular flexibility index (Phi) is 6.34. The highest BCUT2D eigenvalue weighted by molar-refractivity contribution is 9.10. The summed E-state index contributed by atoms with van der Waals surface area (Å²) in [7, 11) is 1.55. The molecule has 0 aliphatic carbocycles. The summed E-state index contributed by atoms with van der Waals surface area (Å²) in [5, 5.41) is 13.3. The molecule has 8 heteroatoms. The first-order valence-corrected chi connectivity index (χ1v) is 6.42. The third-order valence-electron chi connectivity index (χ3n) is 2.40. The molecule has 0 amide bonds. The van der Waals surface area contributed by atoms with E-state index in [0.29, 0.717) is 12.4 Å². The lowest BCUT2D eigenvalue weighted by molar-refractivity contribution is -0.463. The number of amidine groups is 1. The fourth-order valence-electron chi connectivity index (χ4n) is 1.47. The van der Waals surface area contributed by atoms with Gasteiger partial charge in [0.1, 0.15) is 4.60 Å². The van der Waals surface area contributed by atoms with Crippen molar-refractivity contribution in [1.82, 2.24) is 15.3 Å². The fourth-order valence-corrected chi connectivity index (χ4v) is 1.88. The summed E-state index contributed by atoms with van der Waals surface area (Å²) in [6.45, 7) is 0.439. The van der Waals surface area contributed by atoms with Gasteiger partial charge >= 0.3 is 0 Å². The first kappa shape index (κ1) is 14.6. The topological polar surface area (TPSA) is 96.2 Å². The van der Waals surface area contributed by atoms with Gasteiger partial charge in [0.05, 0.1) is 6.33 Å². The van der Waals surface area contributed by atoms with E-state index in [0.717, 1.165) is 29.6 Å². The lowest BCUT2D eigenvalue weighted by Crippen LogP contribution is -2.31. The number of aliphatic imine (C=N–C) groups is 1. The van der Waals surface area contributed by atoms with Crippen molar-refractivity contribution in [3.8, 4) is 0 Å². The number of nitrogens with one attached hydrogen (secondary N) is 2. The predicted molar refractivity (Wildman–Crippen MR) is 72.4 cm³/mol. The molecule has 0 aliphatic rings. The minimum atomic E-state index is -0.392. The number of unbranched alkanes of at least 4 members (excludes halogenated alkanes) is 1. The van der Waals surface area contributed by atoms with Gasteiger partial charge in [-0.3, -0.25) is 15.1 Å². The van der Waals surface area contributed by atoms with E-state index in [-0.39, 0.29) is 6.54 Å². The van der Waals surface area contributed by atoms with Crippen LogP contribution in [0.2, 0.25) is 0 Å². The highest BCUT2D eigenvalue weighted by Crippen LogP contribution is 2.12. The van der Waals surface area contributed by atoms with E-state index >= 15 is 0 Å². The van der Waals surface area contributed by atoms with Crippen molar-refractivity contribution in [3.05, 3.63) is 26.7 Å². The van der Waals surface area contributed by atoms with Gasteiger partial charge in [-0.25, -0.2) is 4.98 Å². The van der Waals surface area contributed by atoms with Crippen molar-refractivity contribution >= 4 is 21.8 Å². The largest absolute Gasteiger partial charge is 0.368 e. The van der Waals surface area contributed by atoms with Crippen molar-refractivity contribution in [2.45, 2.75) is 19.3 Å². The second-order valence-electron chi connectivity index (χ2n) is 3.72. The van der Waals surface area contributed by atoms with Crippen LogP contribution in [-0.4, -0.2) is 40.9 Å². The number of rotatable bonds is 7. The lowest BCUT2D eigenvalue weighted by atomic mass is 10.2. The summed E-state index contributed by atoms with van der Waals surface area (Å²) in [5.74, 6) is 0.419. The van der Waals surface area contributed by atoms with E-state index in [9.17, 15) is 10.1 Å². The Bertz CT molecular complexity index is 418. The summed E-state index contributed by atoms with van der Waals surface area (Å²) in [4.78, 5) is 20.8. The number of hydrogen-bond acceptors (Lipinski definition) is 4. The molecule has 0 saturated carbocycles. The minimum absolute atomic E-state index is 0.247. The molecule has 0 saturated heterocycles. The van der Waals surface area contributed by atoms with Gasteiger partial charge in [-0.05, 0) is 35.2 Å². The van der Waals surface area contributed by atoms with Gasteiger partial charge in [0.2, 0.25) is 0 Å². The summed E-state index contributed by atoms with van der Waals surface area (Å²) >= 11 is 3.34. The van der Waals surface area contributed by atoms with Gasteiger partial charge in [0.15, 0.2) is 5.84 Å². The lowest BCUT2D eigenvalue weighted by Gasteiger charge is -2.05. The van der Waals surface area contributed by atoms with Crippen LogP contribution in [-0.2, 0) is 6.42 Å². The number of aromatic nitrogens is 2. The number of H-pyrrole nitrogens is 1. The number of halogens is 1. The number of hydrogen-bond donors (Lipinski definition) is 2. The summed E-state index contributed by atoms with van der Waals surface area (Å²) in [6.07, 6.45) is 4.44. The van der Waals surface area contributed by atoms with Crippen LogP contribution >= 0.6 is 15.9 Å². The molecule has 1 heterocycles. The average Bonchev–Trinajstić information content (AvgIpc) is 2.72. The second-order valence-corrected chi connectivity index (χ2v) is 4.47. The van der Waals surface area contributed by atoms with E-state index in [1.807, 2.05) is 0 Å². The molecular weight excluding hydrogens is 302 g/mol. The molecule has 0 atom stereocenters. The molecule has 0 aliphatic heterocycles. The number of nitrogens with zero attached hydrogens (tertiary/aromatic N) is 3. The Hall–Kier alpha value is -1.44. The van der Waals surface area contributed by atoms with Gasteiger partial charge in [-0.1, -0.05) is 0 Å². The maximum Gasteiger partial charge on any atom is 0.259 e. The van der Waals surface area contributed by atoms with Crippen LogP contribution in [0.1, 0.15) is 18.5 Å².